The van der Waals surface area contributed by atoms with E-state index in [1.165, 1.54) is 13.8 Å². The molecule has 0 aromatic heterocycles. The van der Waals surface area contributed by atoms with E-state index in [0.29, 0.717) is 33.1 Å². The van der Waals surface area contributed by atoms with Crippen molar-refractivity contribution >= 4 is 57.5 Å². The molecule has 2 aromatic rings. The fourth-order valence-electron chi connectivity index (χ4n) is 4.69. The molecule has 36 heavy (non-hydrogen) atoms. The average molecular weight is 511 g/mol. The van der Waals surface area contributed by atoms with Crippen molar-refractivity contribution < 1.29 is 14.4 Å². The molecule has 3 rings (SSSR count). The molecule has 0 aliphatic heterocycles. The molecular formula is C28H35ClN4O3. The molecule has 0 fully saturated rings. The number of allylic oxidation sites excluding steroid dienone is 2. The van der Waals surface area contributed by atoms with E-state index < -0.39 is 5.92 Å². The van der Waals surface area contributed by atoms with Crippen LogP contribution < -0.4 is 20.4 Å². The first-order valence-corrected chi connectivity index (χ1v) is 12.8. The van der Waals surface area contributed by atoms with Gasteiger partial charge in [0.25, 0.3) is 0 Å². The number of amides is 2. The third kappa shape index (κ3) is 5.41. The van der Waals surface area contributed by atoms with E-state index in [-0.39, 0.29) is 17.6 Å². The Kier molecular flexibility index (Phi) is 8.79. The first kappa shape index (κ1) is 27.3. The van der Waals surface area contributed by atoms with Gasteiger partial charge in [-0.05, 0) is 57.5 Å². The van der Waals surface area contributed by atoms with Crippen molar-refractivity contribution in [2.75, 3.05) is 46.6 Å². The van der Waals surface area contributed by atoms with E-state index in [9.17, 15) is 14.4 Å². The van der Waals surface area contributed by atoms with Crippen LogP contribution in [0, 0.1) is 0 Å². The third-order valence-electron chi connectivity index (χ3n) is 6.50. The van der Waals surface area contributed by atoms with Gasteiger partial charge in [-0.2, -0.15) is 0 Å². The Morgan fingerprint density at radius 2 is 1.28 bits per heavy atom. The highest BCUT2D eigenvalue weighted by Crippen LogP contribution is 2.50. The lowest BCUT2D eigenvalue weighted by Gasteiger charge is -2.32. The lowest BCUT2D eigenvalue weighted by molar-refractivity contribution is -0.116. The minimum Gasteiger partial charge on any atom is -0.372 e. The smallest absolute Gasteiger partial charge is 0.221 e. The van der Waals surface area contributed by atoms with Crippen LogP contribution in [0.3, 0.4) is 0 Å². The van der Waals surface area contributed by atoms with E-state index in [0.717, 1.165) is 37.6 Å². The standard InChI is InChI=1S/C28H35ClN4O3/c1-7-32(8-2)19-11-13-21(23(15-19)30-17(5)34)25-27(29)26(28(25)36)22-14-12-20(33(9-3)10-4)16-24(22)31-18(6)35/h11-16,25H,7-10H2,1-6H3,(H,30,34)(H,31,35). The third-order valence-corrected chi connectivity index (χ3v) is 6.91. The number of benzene rings is 2. The average Bonchev–Trinajstić information content (AvgIpc) is 2.83. The highest BCUT2D eigenvalue weighted by atomic mass is 35.5. The number of carbonyl (C=O) groups is 3. The van der Waals surface area contributed by atoms with Crippen molar-refractivity contribution in [2.45, 2.75) is 47.5 Å². The topological polar surface area (TPSA) is 81.8 Å². The fourth-order valence-corrected chi connectivity index (χ4v) is 5.10. The lowest BCUT2D eigenvalue weighted by atomic mass is 9.75. The Labute approximate surface area is 218 Å². The Bertz CT molecular complexity index is 1200. The number of nitrogens with one attached hydrogen (secondary N) is 2. The maximum absolute atomic E-state index is 13.5. The van der Waals surface area contributed by atoms with Gasteiger partial charge in [-0.3, -0.25) is 14.4 Å². The lowest BCUT2D eigenvalue weighted by Crippen LogP contribution is -2.29. The Hall–Kier alpha value is -3.32. The van der Waals surface area contributed by atoms with Crippen molar-refractivity contribution in [3.8, 4) is 0 Å². The van der Waals surface area contributed by atoms with Gasteiger partial charge in [0.15, 0.2) is 5.78 Å². The summed E-state index contributed by atoms with van der Waals surface area (Å²) in [5.41, 5.74) is 4.66. The molecule has 1 aliphatic carbocycles. The van der Waals surface area contributed by atoms with Crippen molar-refractivity contribution in [1.82, 2.24) is 0 Å². The molecule has 0 saturated carbocycles. The van der Waals surface area contributed by atoms with Crippen molar-refractivity contribution in [3.05, 3.63) is 52.6 Å². The molecule has 0 radical (unpaired) electrons. The quantitative estimate of drug-likeness (QED) is 0.434. The SMILES string of the molecule is CCN(CC)c1ccc(C2=C(Cl)C(c3ccc(N(CC)CC)cc3NC(C)=O)C2=O)c(NC(C)=O)c1. The summed E-state index contributed by atoms with van der Waals surface area (Å²) in [6.07, 6.45) is 0. The first-order chi connectivity index (χ1) is 17.2. The zero-order valence-corrected chi connectivity index (χ0v) is 22.6. The minimum absolute atomic E-state index is 0.149. The number of Topliss-reactive ketones (excluding diaryl/α,β-unsaturated/α-hetero) is 1. The molecule has 2 N–H and O–H groups in total. The zero-order valence-electron chi connectivity index (χ0n) is 21.9. The molecule has 1 atom stereocenters. The van der Waals surface area contributed by atoms with E-state index in [4.69, 9.17) is 11.6 Å². The summed E-state index contributed by atoms with van der Waals surface area (Å²) in [6, 6.07) is 11.4. The number of nitrogens with zero attached hydrogens (tertiary/aromatic N) is 2. The second-order valence-electron chi connectivity index (χ2n) is 8.73. The van der Waals surface area contributed by atoms with E-state index in [2.05, 4.69) is 48.1 Å². The van der Waals surface area contributed by atoms with Gasteiger partial charge in [-0.1, -0.05) is 23.7 Å². The highest BCUT2D eigenvalue weighted by molar-refractivity contribution is 6.50. The molecule has 0 saturated heterocycles. The monoisotopic (exact) mass is 510 g/mol. The van der Waals surface area contributed by atoms with Gasteiger partial charge in [0.2, 0.25) is 11.8 Å². The Balaban J connectivity index is 2.08. The summed E-state index contributed by atoms with van der Waals surface area (Å²) in [4.78, 5) is 41.7. The van der Waals surface area contributed by atoms with E-state index in [1.807, 2.05) is 36.4 Å². The summed E-state index contributed by atoms with van der Waals surface area (Å²) in [5.74, 6) is -1.28. The minimum atomic E-state index is -0.679. The van der Waals surface area contributed by atoms with Gasteiger partial charge in [-0.25, -0.2) is 0 Å². The summed E-state index contributed by atoms with van der Waals surface area (Å²) in [6.45, 7) is 14.4. The number of anilines is 4. The number of rotatable bonds is 10. The first-order valence-electron chi connectivity index (χ1n) is 12.4. The number of halogens is 1. The molecule has 2 aromatic carbocycles. The van der Waals surface area contributed by atoms with Crippen molar-refractivity contribution in [3.63, 3.8) is 0 Å². The number of carbonyl (C=O) groups excluding carboxylic acids is 3. The predicted octanol–water partition coefficient (Wildman–Crippen LogP) is 5.61. The maximum Gasteiger partial charge on any atom is 0.221 e. The van der Waals surface area contributed by atoms with E-state index >= 15 is 0 Å². The van der Waals surface area contributed by atoms with Crippen molar-refractivity contribution in [1.29, 1.82) is 0 Å². The van der Waals surface area contributed by atoms with Crippen molar-refractivity contribution in [2.24, 2.45) is 0 Å². The van der Waals surface area contributed by atoms with Crippen LogP contribution >= 0.6 is 11.6 Å². The van der Waals surface area contributed by atoms with Gasteiger partial charge in [0.05, 0.1) is 11.6 Å². The van der Waals surface area contributed by atoms with Crippen LogP contribution in [-0.2, 0) is 14.4 Å². The van der Waals surface area contributed by atoms with Crippen LogP contribution in [0.2, 0.25) is 0 Å². The van der Waals surface area contributed by atoms with Gasteiger partial charge < -0.3 is 20.4 Å². The molecule has 192 valence electrons. The normalized spacial score (nSPS) is 14.9. The predicted molar refractivity (Wildman–Crippen MR) is 149 cm³/mol. The number of ketones is 1. The van der Waals surface area contributed by atoms with E-state index in [1.54, 1.807) is 0 Å². The van der Waals surface area contributed by atoms with Crippen LogP contribution in [0.1, 0.15) is 58.6 Å². The molecule has 1 aliphatic rings. The second kappa shape index (κ2) is 11.6. The Morgan fingerprint density at radius 1 is 0.806 bits per heavy atom. The van der Waals surface area contributed by atoms with Crippen LogP contribution in [0.15, 0.2) is 41.4 Å². The summed E-state index contributed by atoms with van der Waals surface area (Å²) < 4.78 is 0. The van der Waals surface area contributed by atoms with Crippen LogP contribution in [-0.4, -0.2) is 43.8 Å². The summed E-state index contributed by atoms with van der Waals surface area (Å²) >= 11 is 6.79. The van der Waals surface area contributed by atoms with Crippen LogP contribution in [0.5, 0.6) is 0 Å². The zero-order chi connectivity index (χ0) is 26.6. The fraction of sp³-hybridized carbons (Fsp3) is 0.393. The van der Waals surface area contributed by atoms with Gasteiger partial charge in [0.1, 0.15) is 0 Å². The maximum atomic E-state index is 13.5. The molecule has 2 amide bonds. The molecule has 0 bridgehead atoms. The molecule has 1 unspecified atom stereocenters. The second-order valence-corrected chi connectivity index (χ2v) is 9.14. The molecular weight excluding hydrogens is 476 g/mol. The molecule has 8 heteroatoms. The summed E-state index contributed by atoms with van der Waals surface area (Å²) in [5, 5.41) is 6.12. The largest absolute Gasteiger partial charge is 0.372 e. The van der Waals surface area contributed by atoms with Crippen LogP contribution in [0.25, 0.3) is 5.57 Å². The van der Waals surface area contributed by atoms with Gasteiger partial charge >= 0.3 is 0 Å². The number of hydrogen-bond acceptors (Lipinski definition) is 5. The molecule has 0 heterocycles. The van der Waals surface area contributed by atoms with Crippen LogP contribution in [0.4, 0.5) is 22.7 Å². The summed E-state index contributed by atoms with van der Waals surface area (Å²) in [7, 11) is 0. The molecule has 7 nitrogen and oxygen atoms in total. The molecule has 0 spiro atoms. The van der Waals surface area contributed by atoms with Gasteiger partial charge in [0, 0.05) is 73.3 Å². The van der Waals surface area contributed by atoms with Gasteiger partial charge in [-0.15, -0.1) is 0 Å². The highest BCUT2D eigenvalue weighted by Gasteiger charge is 2.42. The Morgan fingerprint density at radius 3 is 1.75 bits per heavy atom. The number of hydrogen-bond donors (Lipinski definition) is 2.